The fourth-order valence-electron chi connectivity index (χ4n) is 2.37. The van der Waals surface area contributed by atoms with Gasteiger partial charge in [-0.2, -0.15) is 4.98 Å². The molecule has 0 atom stereocenters. The van der Waals surface area contributed by atoms with E-state index in [0.717, 1.165) is 16.5 Å². The third kappa shape index (κ3) is 3.13. The summed E-state index contributed by atoms with van der Waals surface area (Å²) in [5.74, 6) is 1.82. The van der Waals surface area contributed by atoms with Gasteiger partial charge in [0, 0.05) is 17.8 Å². The van der Waals surface area contributed by atoms with Gasteiger partial charge >= 0.3 is 0 Å². The summed E-state index contributed by atoms with van der Waals surface area (Å²) in [7, 11) is 0. The molecular weight excluding hydrogens is 284 g/mol. The molecule has 1 aliphatic rings. The Morgan fingerprint density at radius 1 is 1.26 bits per heavy atom. The topological polar surface area (TPSA) is 77.8 Å². The molecule has 2 N–H and O–H groups in total. The molecule has 0 bridgehead atoms. The minimum atomic E-state index is 0. The Bertz CT molecular complexity index is 521. The summed E-state index contributed by atoms with van der Waals surface area (Å²) >= 11 is 1.53. The predicted molar refractivity (Wildman–Crippen MR) is 76.4 cm³/mol. The van der Waals surface area contributed by atoms with E-state index in [1.807, 2.05) is 5.38 Å². The van der Waals surface area contributed by atoms with Crippen molar-refractivity contribution < 1.29 is 4.52 Å². The van der Waals surface area contributed by atoms with E-state index in [2.05, 4.69) is 15.1 Å². The van der Waals surface area contributed by atoms with Crippen LogP contribution in [0.15, 0.2) is 9.90 Å². The van der Waals surface area contributed by atoms with Crippen molar-refractivity contribution in [1.82, 2.24) is 15.1 Å². The van der Waals surface area contributed by atoms with Gasteiger partial charge in [0.1, 0.15) is 10.7 Å². The minimum absolute atomic E-state index is 0. The van der Waals surface area contributed by atoms with Gasteiger partial charge in [-0.3, -0.25) is 0 Å². The molecule has 0 saturated heterocycles. The molecule has 0 radical (unpaired) electrons. The zero-order valence-electron chi connectivity index (χ0n) is 10.5. The van der Waals surface area contributed by atoms with Crippen molar-refractivity contribution in [3.05, 3.63) is 16.2 Å². The van der Waals surface area contributed by atoms with E-state index in [4.69, 9.17) is 10.3 Å². The Kier molecular flexibility index (Phi) is 4.90. The lowest BCUT2D eigenvalue weighted by Gasteiger charge is -2.17. The summed E-state index contributed by atoms with van der Waals surface area (Å²) in [6.45, 7) is 0.453. The highest BCUT2D eigenvalue weighted by molar-refractivity contribution is 7.09. The van der Waals surface area contributed by atoms with Crippen molar-refractivity contribution in [3.8, 4) is 11.6 Å². The number of hydrogen-bond donors (Lipinski definition) is 1. The Morgan fingerprint density at radius 3 is 2.74 bits per heavy atom. The molecular formula is C12H17ClN4OS. The van der Waals surface area contributed by atoms with Crippen molar-refractivity contribution in [2.24, 2.45) is 5.73 Å². The average Bonchev–Trinajstić information content (AvgIpc) is 3.08. The van der Waals surface area contributed by atoms with Crippen LogP contribution in [0.1, 0.15) is 48.9 Å². The van der Waals surface area contributed by atoms with Crippen LogP contribution >= 0.6 is 23.7 Å². The summed E-state index contributed by atoms with van der Waals surface area (Å²) in [4.78, 5) is 8.83. The van der Waals surface area contributed by atoms with Crippen LogP contribution in [0.5, 0.6) is 0 Å². The van der Waals surface area contributed by atoms with Gasteiger partial charge in [0.15, 0.2) is 5.82 Å². The van der Waals surface area contributed by atoms with Gasteiger partial charge in [-0.1, -0.05) is 24.4 Å². The summed E-state index contributed by atoms with van der Waals surface area (Å²) in [6.07, 6.45) is 6.20. The zero-order valence-corrected chi connectivity index (χ0v) is 12.2. The molecule has 2 heterocycles. The Hall–Kier alpha value is -0.980. The summed E-state index contributed by atoms with van der Waals surface area (Å²) < 4.78 is 5.30. The quantitative estimate of drug-likeness (QED) is 0.942. The molecule has 0 aliphatic heterocycles. The summed E-state index contributed by atoms with van der Waals surface area (Å²) in [6, 6.07) is 0. The molecule has 0 unspecified atom stereocenters. The van der Waals surface area contributed by atoms with Crippen LogP contribution in [0.2, 0.25) is 0 Å². The summed E-state index contributed by atoms with van der Waals surface area (Å²) in [5.41, 5.74) is 6.29. The van der Waals surface area contributed by atoms with Crippen molar-refractivity contribution in [1.29, 1.82) is 0 Å². The second-order valence-corrected chi connectivity index (χ2v) is 5.57. The maximum absolute atomic E-state index is 5.54. The van der Waals surface area contributed by atoms with E-state index in [0.29, 0.717) is 18.4 Å². The molecule has 19 heavy (non-hydrogen) atoms. The largest absolute Gasteiger partial charge is 0.332 e. The lowest BCUT2D eigenvalue weighted by Crippen LogP contribution is -2.06. The first-order chi connectivity index (χ1) is 8.86. The Morgan fingerprint density at radius 2 is 2.05 bits per heavy atom. The van der Waals surface area contributed by atoms with E-state index in [1.165, 1.54) is 43.4 Å². The zero-order chi connectivity index (χ0) is 12.4. The molecule has 1 fully saturated rings. The van der Waals surface area contributed by atoms with Crippen LogP contribution in [0.25, 0.3) is 11.6 Å². The van der Waals surface area contributed by atoms with Crippen molar-refractivity contribution in [2.45, 2.75) is 44.6 Å². The van der Waals surface area contributed by atoms with Crippen LogP contribution in [0.3, 0.4) is 0 Å². The van der Waals surface area contributed by atoms with Gasteiger partial charge < -0.3 is 10.3 Å². The normalized spacial score (nSPS) is 16.3. The van der Waals surface area contributed by atoms with E-state index in [9.17, 15) is 0 Å². The minimum Gasteiger partial charge on any atom is -0.332 e. The van der Waals surface area contributed by atoms with Gasteiger partial charge in [-0.25, -0.2) is 4.98 Å². The van der Waals surface area contributed by atoms with Gasteiger partial charge in [0.05, 0.1) is 0 Å². The van der Waals surface area contributed by atoms with E-state index < -0.39 is 0 Å². The van der Waals surface area contributed by atoms with E-state index in [1.54, 1.807) is 0 Å². The molecule has 0 aromatic carbocycles. The third-order valence-electron chi connectivity index (χ3n) is 3.36. The molecule has 1 aliphatic carbocycles. The number of aromatic nitrogens is 3. The van der Waals surface area contributed by atoms with Gasteiger partial charge in [-0.15, -0.1) is 23.7 Å². The first kappa shape index (κ1) is 14.4. The number of rotatable bonds is 3. The van der Waals surface area contributed by atoms with Gasteiger partial charge in [0.25, 0.3) is 5.89 Å². The van der Waals surface area contributed by atoms with Crippen LogP contribution in [0, 0.1) is 0 Å². The predicted octanol–water partition coefficient (Wildman–Crippen LogP) is 3.12. The molecule has 3 rings (SSSR count). The smallest absolute Gasteiger partial charge is 0.277 e. The van der Waals surface area contributed by atoms with Gasteiger partial charge in [0.2, 0.25) is 0 Å². The maximum Gasteiger partial charge on any atom is 0.277 e. The Balaban J connectivity index is 0.00000133. The van der Waals surface area contributed by atoms with E-state index in [-0.39, 0.29) is 12.4 Å². The van der Waals surface area contributed by atoms with Crippen molar-refractivity contribution in [3.63, 3.8) is 0 Å². The van der Waals surface area contributed by atoms with Crippen molar-refractivity contribution >= 4 is 23.7 Å². The van der Waals surface area contributed by atoms with Crippen LogP contribution in [-0.2, 0) is 6.54 Å². The third-order valence-corrected chi connectivity index (χ3v) is 4.23. The fourth-order valence-corrected chi connectivity index (χ4v) is 3.02. The lowest BCUT2D eigenvalue weighted by atomic mass is 9.89. The lowest BCUT2D eigenvalue weighted by molar-refractivity contribution is 0.385. The van der Waals surface area contributed by atoms with Crippen molar-refractivity contribution in [2.75, 3.05) is 0 Å². The molecule has 2 aromatic heterocycles. The second-order valence-electron chi connectivity index (χ2n) is 4.62. The first-order valence-electron chi connectivity index (χ1n) is 6.35. The number of hydrogen-bond acceptors (Lipinski definition) is 6. The highest BCUT2D eigenvalue weighted by Gasteiger charge is 2.22. The van der Waals surface area contributed by atoms with Gasteiger partial charge in [-0.05, 0) is 12.8 Å². The number of halogens is 1. The monoisotopic (exact) mass is 300 g/mol. The highest BCUT2D eigenvalue weighted by atomic mass is 35.5. The molecule has 104 valence electrons. The van der Waals surface area contributed by atoms with Crippen LogP contribution < -0.4 is 5.73 Å². The number of nitrogens with zero attached hydrogens (tertiary/aromatic N) is 3. The molecule has 5 nitrogen and oxygen atoms in total. The van der Waals surface area contributed by atoms with Crippen LogP contribution in [-0.4, -0.2) is 15.1 Å². The molecule has 0 spiro atoms. The van der Waals surface area contributed by atoms with E-state index >= 15 is 0 Å². The standard InChI is InChI=1S/C12H16N4OS.ClH/c13-6-10-14-9(7-18-10)12-15-11(16-17-12)8-4-2-1-3-5-8;/h7-8H,1-6,13H2;1H. The Labute approximate surface area is 122 Å². The number of thiazole rings is 1. The molecule has 0 amide bonds. The fraction of sp³-hybridized carbons (Fsp3) is 0.583. The second kappa shape index (κ2) is 6.45. The SMILES string of the molecule is Cl.NCc1nc(-c2nc(C3CCCCC3)no2)cs1. The first-order valence-corrected chi connectivity index (χ1v) is 7.23. The molecule has 1 saturated carbocycles. The molecule has 2 aromatic rings. The summed E-state index contributed by atoms with van der Waals surface area (Å²) in [5, 5.41) is 6.91. The van der Waals surface area contributed by atoms with Crippen LogP contribution in [0.4, 0.5) is 0 Å². The highest BCUT2D eigenvalue weighted by Crippen LogP contribution is 2.32. The number of nitrogens with two attached hydrogens (primary N) is 1. The molecule has 7 heteroatoms. The average molecular weight is 301 g/mol. The maximum atomic E-state index is 5.54.